The smallest absolute Gasteiger partial charge is 0.255 e. The van der Waals surface area contributed by atoms with Crippen molar-refractivity contribution in [2.45, 2.75) is 13.0 Å². The topological polar surface area (TPSA) is 78.8 Å². The van der Waals surface area contributed by atoms with Crippen molar-refractivity contribution >= 4 is 5.91 Å². The summed E-state index contributed by atoms with van der Waals surface area (Å²) in [7, 11) is 1.48. The molecular weight excluding hydrogens is 222 g/mol. The summed E-state index contributed by atoms with van der Waals surface area (Å²) < 4.78 is 5.08. The molecule has 5 heteroatoms. The van der Waals surface area contributed by atoms with Gasteiger partial charge in [-0.2, -0.15) is 0 Å². The zero-order valence-electron chi connectivity index (χ0n) is 9.93. The minimum absolute atomic E-state index is 0.309. The van der Waals surface area contributed by atoms with Crippen LogP contribution >= 0.6 is 0 Å². The van der Waals surface area contributed by atoms with E-state index >= 15 is 0 Å². The van der Waals surface area contributed by atoms with Crippen molar-refractivity contribution in [3.63, 3.8) is 0 Å². The number of aliphatic hydroxyl groups excluding tert-OH is 2. The van der Waals surface area contributed by atoms with Crippen molar-refractivity contribution in [2.24, 2.45) is 0 Å². The van der Waals surface area contributed by atoms with Crippen LogP contribution in [0.4, 0.5) is 0 Å². The Morgan fingerprint density at radius 1 is 1.41 bits per heavy atom. The van der Waals surface area contributed by atoms with Gasteiger partial charge in [-0.1, -0.05) is 11.6 Å². The van der Waals surface area contributed by atoms with Crippen LogP contribution in [0.25, 0.3) is 0 Å². The number of hydrogen-bond donors (Lipinski definition) is 3. The van der Waals surface area contributed by atoms with E-state index in [2.05, 4.69) is 5.32 Å². The van der Waals surface area contributed by atoms with Crippen molar-refractivity contribution in [1.82, 2.24) is 5.32 Å². The third-order valence-electron chi connectivity index (χ3n) is 2.38. The third kappa shape index (κ3) is 3.44. The maximum absolute atomic E-state index is 11.9. The van der Waals surface area contributed by atoms with Gasteiger partial charge in [-0.25, -0.2) is 0 Å². The lowest BCUT2D eigenvalue weighted by Crippen LogP contribution is -2.40. The molecule has 0 bridgehead atoms. The van der Waals surface area contributed by atoms with Crippen LogP contribution in [0.15, 0.2) is 18.2 Å². The largest absolute Gasteiger partial charge is 0.496 e. The minimum atomic E-state index is -0.660. The van der Waals surface area contributed by atoms with E-state index in [1.165, 1.54) is 7.11 Å². The molecule has 0 saturated heterocycles. The highest BCUT2D eigenvalue weighted by Gasteiger charge is 2.16. The van der Waals surface area contributed by atoms with E-state index < -0.39 is 6.04 Å². The van der Waals surface area contributed by atoms with Crippen molar-refractivity contribution in [3.05, 3.63) is 29.3 Å². The molecule has 0 aliphatic carbocycles. The fraction of sp³-hybridized carbons (Fsp3) is 0.417. The van der Waals surface area contributed by atoms with E-state index in [4.69, 9.17) is 14.9 Å². The first-order valence-electron chi connectivity index (χ1n) is 5.29. The summed E-state index contributed by atoms with van der Waals surface area (Å²) in [6.45, 7) is 1.25. The zero-order chi connectivity index (χ0) is 12.8. The highest BCUT2D eigenvalue weighted by Crippen LogP contribution is 2.19. The van der Waals surface area contributed by atoms with E-state index in [-0.39, 0.29) is 19.1 Å². The van der Waals surface area contributed by atoms with Crippen LogP contribution < -0.4 is 10.1 Å². The van der Waals surface area contributed by atoms with Crippen molar-refractivity contribution in [2.75, 3.05) is 20.3 Å². The maximum atomic E-state index is 11.9. The molecule has 0 aliphatic rings. The highest BCUT2D eigenvalue weighted by atomic mass is 16.5. The molecule has 17 heavy (non-hydrogen) atoms. The van der Waals surface area contributed by atoms with Gasteiger partial charge in [-0.05, 0) is 19.1 Å². The summed E-state index contributed by atoms with van der Waals surface area (Å²) in [6.07, 6.45) is 0. The molecular formula is C12H17NO4. The number of hydrogen-bond acceptors (Lipinski definition) is 4. The first-order valence-corrected chi connectivity index (χ1v) is 5.29. The van der Waals surface area contributed by atoms with Gasteiger partial charge in [-0.3, -0.25) is 4.79 Å². The fourth-order valence-corrected chi connectivity index (χ4v) is 1.41. The molecule has 0 saturated carbocycles. The number of amides is 1. The number of carbonyl (C=O) groups is 1. The Labute approximate surface area is 100 Å². The number of rotatable bonds is 5. The van der Waals surface area contributed by atoms with Gasteiger partial charge >= 0.3 is 0 Å². The molecule has 5 nitrogen and oxygen atoms in total. The summed E-state index contributed by atoms with van der Waals surface area (Å²) in [6, 6.07) is 4.58. The number of benzene rings is 1. The van der Waals surface area contributed by atoms with E-state index in [0.717, 1.165) is 5.56 Å². The van der Waals surface area contributed by atoms with Crippen LogP contribution in [0.2, 0.25) is 0 Å². The molecule has 0 radical (unpaired) electrons. The molecule has 1 aromatic rings. The molecule has 0 atom stereocenters. The van der Waals surface area contributed by atoms with E-state index in [0.29, 0.717) is 11.3 Å². The lowest BCUT2D eigenvalue weighted by Gasteiger charge is -2.15. The van der Waals surface area contributed by atoms with Crippen molar-refractivity contribution in [1.29, 1.82) is 0 Å². The van der Waals surface area contributed by atoms with E-state index in [9.17, 15) is 4.79 Å². The van der Waals surface area contributed by atoms with Crippen LogP contribution in [0, 0.1) is 6.92 Å². The number of aliphatic hydroxyl groups is 2. The number of nitrogens with one attached hydrogen (secondary N) is 1. The minimum Gasteiger partial charge on any atom is -0.496 e. The molecule has 94 valence electrons. The first-order chi connectivity index (χ1) is 8.12. The molecule has 1 rings (SSSR count). The second-order valence-electron chi connectivity index (χ2n) is 3.74. The molecule has 0 spiro atoms. The normalized spacial score (nSPS) is 10.4. The van der Waals surface area contributed by atoms with E-state index in [1.807, 2.05) is 13.0 Å². The van der Waals surface area contributed by atoms with Gasteiger partial charge in [0.15, 0.2) is 0 Å². The number of ether oxygens (including phenoxy) is 1. The SMILES string of the molecule is COc1ccc(C)cc1C(=O)NC(CO)CO. The summed E-state index contributed by atoms with van der Waals surface area (Å²) in [5.74, 6) is 0.0846. The Morgan fingerprint density at radius 2 is 2.06 bits per heavy atom. The van der Waals surface area contributed by atoms with Crippen LogP contribution in [0.5, 0.6) is 5.75 Å². The predicted molar refractivity (Wildman–Crippen MR) is 63.2 cm³/mol. The fourth-order valence-electron chi connectivity index (χ4n) is 1.41. The second-order valence-corrected chi connectivity index (χ2v) is 3.74. The summed E-state index contributed by atoms with van der Waals surface area (Å²) in [5.41, 5.74) is 1.32. The second kappa shape index (κ2) is 6.22. The number of methoxy groups -OCH3 is 1. The Morgan fingerprint density at radius 3 is 2.59 bits per heavy atom. The average Bonchev–Trinajstić information content (AvgIpc) is 2.35. The molecule has 0 unspecified atom stereocenters. The summed E-state index contributed by atoms with van der Waals surface area (Å²) in [4.78, 5) is 11.9. The maximum Gasteiger partial charge on any atom is 0.255 e. The Kier molecular flexibility index (Phi) is 4.93. The average molecular weight is 239 g/mol. The highest BCUT2D eigenvalue weighted by molar-refractivity contribution is 5.97. The first kappa shape index (κ1) is 13.5. The monoisotopic (exact) mass is 239 g/mol. The van der Waals surface area contributed by atoms with Crippen LogP contribution in [-0.4, -0.2) is 42.5 Å². The summed E-state index contributed by atoms with van der Waals surface area (Å²) >= 11 is 0. The van der Waals surface area contributed by atoms with Crippen LogP contribution in [-0.2, 0) is 0 Å². The van der Waals surface area contributed by atoms with Gasteiger partial charge in [0.2, 0.25) is 0 Å². The Balaban J connectivity index is 2.90. The Bertz CT molecular complexity index is 388. The number of carbonyl (C=O) groups excluding carboxylic acids is 1. The van der Waals surface area contributed by atoms with E-state index in [1.54, 1.807) is 12.1 Å². The molecule has 0 aromatic heterocycles. The predicted octanol–water partition coefficient (Wildman–Crippen LogP) is 0.0866. The van der Waals surface area contributed by atoms with Gasteiger partial charge in [0.25, 0.3) is 5.91 Å². The lowest BCUT2D eigenvalue weighted by molar-refractivity contribution is 0.0876. The molecule has 0 aliphatic heterocycles. The van der Waals surface area contributed by atoms with Gasteiger partial charge < -0.3 is 20.3 Å². The van der Waals surface area contributed by atoms with Gasteiger partial charge in [0, 0.05) is 0 Å². The zero-order valence-corrected chi connectivity index (χ0v) is 9.93. The molecule has 1 amide bonds. The Hall–Kier alpha value is -1.59. The van der Waals surface area contributed by atoms with Crippen molar-refractivity contribution < 1.29 is 19.7 Å². The number of aryl methyl sites for hydroxylation is 1. The standard InChI is InChI=1S/C12H17NO4/c1-8-3-4-11(17-2)10(5-8)12(16)13-9(6-14)7-15/h3-5,9,14-15H,6-7H2,1-2H3,(H,13,16). The molecule has 0 heterocycles. The molecule has 1 aromatic carbocycles. The van der Waals surface area contributed by atoms with Crippen LogP contribution in [0.1, 0.15) is 15.9 Å². The van der Waals surface area contributed by atoms with Crippen molar-refractivity contribution in [3.8, 4) is 5.75 Å². The van der Waals surface area contributed by atoms with Crippen LogP contribution in [0.3, 0.4) is 0 Å². The molecule has 0 fully saturated rings. The quantitative estimate of drug-likeness (QED) is 0.680. The van der Waals surface area contributed by atoms with Gasteiger partial charge in [0.05, 0.1) is 31.9 Å². The third-order valence-corrected chi connectivity index (χ3v) is 2.38. The van der Waals surface area contributed by atoms with Gasteiger partial charge in [0.1, 0.15) is 5.75 Å². The lowest BCUT2D eigenvalue weighted by atomic mass is 10.1. The van der Waals surface area contributed by atoms with Gasteiger partial charge in [-0.15, -0.1) is 0 Å². The summed E-state index contributed by atoms with van der Waals surface area (Å²) in [5, 5.41) is 20.3. The molecule has 3 N–H and O–H groups in total.